The number of rotatable bonds is 0. The van der Waals surface area contributed by atoms with E-state index in [2.05, 4.69) is 48.7 Å². The Kier molecular flexibility index (Phi) is 2.21. The van der Waals surface area contributed by atoms with Gasteiger partial charge in [-0.15, -0.1) is 0 Å². The molecule has 3 rings (SSSR count). The van der Waals surface area contributed by atoms with Crippen LogP contribution >= 0.6 is 0 Å². The lowest BCUT2D eigenvalue weighted by atomic mass is 9.99. The van der Waals surface area contributed by atoms with Gasteiger partial charge in [-0.2, -0.15) is 0 Å². The maximum absolute atomic E-state index is 2.43. The summed E-state index contributed by atoms with van der Waals surface area (Å²) >= 11 is 0. The first kappa shape index (κ1) is 9.29. The van der Waals surface area contributed by atoms with Gasteiger partial charge in [-0.3, -0.25) is 0 Å². The highest BCUT2D eigenvalue weighted by atomic mass is 32.2. The summed E-state index contributed by atoms with van der Waals surface area (Å²) in [7, 11) is 0.458. The summed E-state index contributed by atoms with van der Waals surface area (Å²) in [6.45, 7) is 2.27. The van der Waals surface area contributed by atoms with Crippen molar-refractivity contribution in [1.29, 1.82) is 0 Å². The van der Waals surface area contributed by atoms with Gasteiger partial charge in [0.05, 0.1) is 0 Å². The van der Waals surface area contributed by atoms with Gasteiger partial charge < -0.3 is 0 Å². The molecule has 1 aromatic carbocycles. The molecular weight excluding hydrogens is 200 g/mol. The lowest BCUT2D eigenvalue weighted by Gasteiger charge is -2.25. The summed E-state index contributed by atoms with van der Waals surface area (Å²) < 4.78 is 0. The predicted octanol–water partition coefficient (Wildman–Crippen LogP) is 3.68. The summed E-state index contributed by atoms with van der Waals surface area (Å²) in [5.74, 6) is 1.25. The Balaban J connectivity index is 2.07. The minimum atomic E-state index is 0.458. The lowest BCUT2D eigenvalue weighted by Crippen LogP contribution is -2.21. The molecule has 0 fully saturated rings. The quantitative estimate of drug-likeness (QED) is 0.457. The molecule has 2 unspecified atom stereocenters. The van der Waals surface area contributed by atoms with Crippen molar-refractivity contribution in [3.05, 3.63) is 52.4 Å². The predicted molar refractivity (Wildman–Crippen MR) is 68.8 cm³/mol. The first-order chi connectivity index (χ1) is 7.34. The van der Waals surface area contributed by atoms with Crippen molar-refractivity contribution in [2.24, 2.45) is 0 Å². The number of fused-ring (bicyclic) bond motifs is 3. The third-order valence-corrected chi connectivity index (χ3v) is 5.45. The number of benzene rings is 1. The molecule has 0 saturated heterocycles. The van der Waals surface area contributed by atoms with Crippen LogP contribution < -0.4 is 0 Å². The smallest absolute Gasteiger partial charge is 0.0673 e. The zero-order valence-electron chi connectivity index (χ0n) is 8.94. The second-order valence-corrected chi connectivity index (χ2v) is 6.42. The Bertz CT molecular complexity index is 442. The molecule has 1 aromatic rings. The first-order valence-electron chi connectivity index (χ1n) is 5.46. The largest absolute Gasteiger partial charge is 0.152 e. The highest BCUT2D eigenvalue weighted by Crippen LogP contribution is 2.40. The summed E-state index contributed by atoms with van der Waals surface area (Å²) in [5, 5.41) is 3.19. The van der Waals surface area contributed by atoms with E-state index in [1.165, 1.54) is 17.7 Å². The average Bonchev–Trinajstić information content (AvgIpc) is 2.29. The monoisotopic (exact) mass is 215 g/mol. The molecular formula is C14H15S+. The van der Waals surface area contributed by atoms with Gasteiger partial charge in [-0.25, -0.2) is 0 Å². The van der Waals surface area contributed by atoms with Gasteiger partial charge in [0, 0.05) is 22.9 Å². The molecule has 2 heterocycles. The maximum atomic E-state index is 2.43. The van der Waals surface area contributed by atoms with E-state index in [1.54, 1.807) is 11.1 Å². The Morgan fingerprint density at radius 3 is 3.07 bits per heavy atom. The van der Waals surface area contributed by atoms with Crippen LogP contribution in [0.2, 0.25) is 0 Å². The molecule has 76 valence electrons. The van der Waals surface area contributed by atoms with Crippen LogP contribution in [0.5, 0.6) is 0 Å². The molecule has 0 nitrogen and oxygen atoms in total. The van der Waals surface area contributed by atoms with Crippen molar-refractivity contribution < 1.29 is 0 Å². The van der Waals surface area contributed by atoms with Crippen LogP contribution in [-0.4, -0.2) is 5.75 Å². The van der Waals surface area contributed by atoms with Gasteiger partial charge in [-0.1, -0.05) is 29.8 Å². The minimum absolute atomic E-state index is 0.458. The van der Waals surface area contributed by atoms with Crippen LogP contribution in [0.3, 0.4) is 0 Å². The molecule has 2 aliphatic heterocycles. The fourth-order valence-electron chi connectivity index (χ4n) is 2.38. The molecule has 2 aliphatic rings. The lowest BCUT2D eigenvalue weighted by molar-refractivity contribution is 0.889. The van der Waals surface area contributed by atoms with E-state index in [4.69, 9.17) is 0 Å². The molecule has 0 aromatic heterocycles. The zero-order valence-corrected chi connectivity index (χ0v) is 9.76. The average molecular weight is 215 g/mol. The van der Waals surface area contributed by atoms with Crippen molar-refractivity contribution in [3.8, 4) is 0 Å². The molecule has 0 N–H and O–H groups in total. The van der Waals surface area contributed by atoms with Crippen molar-refractivity contribution in [1.82, 2.24) is 0 Å². The Morgan fingerprint density at radius 2 is 2.13 bits per heavy atom. The molecule has 1 heteroatoms. The third-order valence-electron chi connectivity index (χ3n) is 3.26. The van der Waals surface area contributed by atoms with Crippen molar-refractivity contribution in [3.63, 3.8) is 0 Å². The second-order valence-electron chi connectivity index (χ2n) is 4.31. The zero-order chi connectivity index (χ0) is 10.3. The summed E-state index contributed by atoms with van der Waals surface area (Å²) in [6.07, 6.45) is 5.98. The molecule has 0 bridgehead atoms. The van der Waals surface area contributed by atoms with Gasteiger partial charge in [0.2, 0.25) is 0 Å². The van der Waals surface area contributed by atoms with Gasteiger partial charge in [0.15, 0.2) is 5.25 Å². The number of hydrogen-bond acceptors (Lipinski definition) is 0. The van der Waals surface area contributed by atoms with Gasteiger partial charge in [0.1, 0.15) is 11.2 Å². The van der Waals surface area contributed by atoms with Crippen LogP contribution in [0.15, 0.2) is 41.3 Å². The van der Waals surface area contributed by atoms with E-state index in [-0.39, 0.29) is 0 Å². The van der Waals surface area contributed by atoms with E-state index in [0.29, 0.717) is 10.9 Å². The van der Waals surface area contributed by atoms with E-state index in [0.717, 1.165) is 5.25 Å². The van der Waals surface area contributed by atoms with Crippen LogP contribution in [0.25, 0.3) is 6.08 Å². The van der Waals surface area contributed by atoms with Gasteiger partial charge in [-0.05, 0) is 24.6 Å². The molecule has 15 heavy (non-hydrogen) atoms. The van der Waals surface area contributed by atoms with Crippen LogP contribution in [0.1, 0.15) is 29.7 Å². The SMILES string of the molecule is CC1=CC[S+]2C=Cc3ccccc3C2C1. The van der Waals surface area contributed by atoms with Crippen molar-refractivity contribution in [2.75, 3.05) is 5.75 Å². The Morgan fingerprint density at radius 1 is 1.27 bits per heavy atom. The number of hydrogen-bond donors (Lipinski definition) is 0. The summed E-state index contributed by atoms with van der Waals surface area (Å²) in [5.41, 5.74) is 4.56. The maximum Gasteiger partial charge on any atom is 0.152 e. The van der Waals surface area contributed by atoms with Gasteiger partial charge >= 0.3 is 0 Å². The fourth-order valence-corrected chi connectivity index (χ4v) is 4.73. The topological polar surface area (TPSA) is 0 Å². The summed E-state index contributed by atoms with van der Waals surface area (Å²) in [4.78, 5) is 0. The van der Waals surface area contributed by atoms with E-state index >= 15 is 0 Å². The molecule has 0 radical (unpaired) electrons. The van der Waals surface area contributed by atoms with Crippen LogP contribution in [0.4, 0.5) is 0 Å². The standard InChI is InChI=1S/C14H15S/c1-11-6-8-15-9-7-12-4-2-3-5-13(12)14(15)10-11/h2-7,9,14H,8,10H2,1H3/q+1. The molecule has 0 saturated carbocycles. The Hall–Kier alpha value is -0.950. The van der Waals surface area contributed by atoms with Crippen molar-refractivity contribution >= 4 is 17.0 Å². The summed E-state index contributed by atoms with van der Waals surface area (Å²) in [6, 6.07) is 8.85. The molecule has 0 amide bonds. The molecule has 2 atom stereocenters. The minimum Gasteiger partial charge on any atom is -0.0673 e. The number of allylic oxidation sites excluding steroid dienone is 1. The molecule has 0 spiro atoms. The van der Waals surface area contributed by atoms with E-state index in [9.17, 15) is 0 Å². The van der Waals surface area contributed by atoms with Gasteiger partial charge in [0.25, 0.3) is 0 Å². The first-order valence-corrected chi connectivity index (χ1v) is 6.98. The highest BCUT2D eigenvalue weighted by Gasteiger charge is 2.36. The molecule has 0 aliphatic carbocycles. The fraction of sp³-hybridized carbons (Fsp3) is 0.286. The normalized spacial score (nSPS) is 27.9. The van der Waals surface area contributed by atoms with Crippen LogP contribution in [0, 0.1) is 0 Å². The van der Waals surface area contributed by atoms with E-state index in [1.807, 2.05) is 0 Å². The second kappa shape index (κ2) is 3.57. The van der Waals surface area contributed by atoms with E-state index < -0.39 is 0 Å². The highest BCUT2D eigenvalue weighted by molar-refractivity contribution is 8.00. The van der Waals surface area contributed by atoms with Crippen LogP contribution in [-0.2, 0) is 10.9 Å². The third kappa shape index (κ3) is 1.55. The Labute approximate surface area is 94.1 Å². The van der Waals surface area contributed by atoms with Crippen molar-refractivity contribution in [2.45, 2.75) is 18.6 Å².